The monoisotopic (exact) mass is 193 g/mol. The predicted molar refractivity (Wildman–Crippen MR) is 56.4 cm³/mol. The summed E-state index contributed by atoms with van der Waals surface area (Å²) in [6.45, 7) is 2.08. The van der Waals surface area contributed by atoms with E-state index in [2.05, 4.69) is 6.92 Å². The number of hydrogen-bond acceptors (Lipinski definition) is 2. The third-order valence-corrected chi connectivity index (χ3v) is 2.20. The molecule has 0 fully saturated rings. The number of aryl methyl sites for hydroxylation is 1. The van der Waals surface area contributed by atoms with Crippen LogP contribution in [0.2, 0.25) is 0 Å². The van der Waals surface area contributed by atoms with Gasteiger partial charge in [-0.1, -0.05) is 25.5 Å². The normalized spacial score (nSPS) is 10.1. The summed E-state index contributed by atoms with van der Waals surface area (Å²) in [6.07, 6.45) is 2.82. The van der Waals surface area contributed by atoms with E-state index in [1.807, 2.05) is 6.07 Å². The Morgan fingerprint density at radius 3 is 2.79 bits per heavy atom. The van der Waals surface area contributed by atoms with Gasteiger partial charge in [0, 0.05) is 5.69 Å². The van der Waals surface area contributed by atoms with Gasteiger partial charge in [0.2, 0.25) is 0 Å². The van der Waals surface area contributed by atoms with Gasteiger partial charge in [-0.3, -0.25) is 0 Å². The summed E-state index contributed by atoms with van der Waals surface area (Å²) < 4.78 is 0. The average Bonchev–Trinajstić information content (AvgIpc) is 2.14. The maximum atomic E-state index is 10.9. The predicted octanol–water partition coefficient (Wildman–Crippen LogP) is 2.31. The van der Waals surface area contributed by atoms with Crippen molar-refractivity contribution < 1.29 is 9.90 Å². The maximum Gasteiger partial charge on any atom is 0.338 e. The molecule has 0 radical (unpaired) electrons. The summed E-state index contributed by atoms with van der Waals surface area (Å²) in [5, 5.41) is 8.97. The van der Waals surface area contributed by atoms with Gasteiger partial charge in [0.1, 0.15) is 0 Å². The highest BCUT2D eigenvalue weighted by Gasteiger charge is 2.12. The van der Waals surface area contributed by atoms with Crippen LogP contribution in [-0.2, 0) is 6.42 Å². The summed E-state index contributed by atoms with van der Waals surface area (Å²) in [5.74, 6) is -0.936. The smallest absolute Gasteiger partial charge is 0.338 e. The molecule has 1 aromatic rings. The Morgan fingerprint density at radius 1 is 1.50 bits per heavy atom. The fourth-order valence-electron chi connectivity index (χ4n) is 1.46. The van der Waals surface area contributed by atoms with Crippen LogP contribution in [0.5, 0.6) is 0 Å². The first kappa shape index (κ1) is 10.6. The second-order valence-corrected chi connectivity index (χ2v) is 3.29. The third kappa shape index (κ3) is 2.25. The summed E-state index contributed by atoms with van der Waals surface area (Å²) >= 11 is 0. The molecule has 0 aromatic heterocycles. The third-order valence-electron chi connectivity index (χ3n) is 2.20. The van der Waals surface area contributed by atoms with E-state index in [9.17, 15) is 4.79 Å². The second-order valence-electron chi connectivity index (χ2n) is 3.29. The van der Waals surface area contributed by atoms with Gasteiger partial charge in [0.05, 0.1) is 5.56 Å². The largest absolute Gasteiger partial charge is 0.478 e. The van der Waals surface area contributed by atoms with E-state index in [0.717, 1.165) is 24.8 Å². The topological polar surface area (TPSA) is 63.3 Å². The minimum Gasteiger partial charge on any atom is -0.478 e. The number of nitrogens with two attached hydrogens (primary N) is 1. The number of unbranched alkanes of at least 4 members (excludes halogenated alkanes) is 1. The number of hydrogen-bond donors (Lipinski definition) is 2. The van der Waals surface area contributed by atoms with Crippen molar-refractivity contribution in [2.45, 2.75) is 26.2 Å². The standard InChI is InChI=1S/C11H15NO2/c1-2-3-5-8-6-4-7-9(12)10(8)11(13)14/h4,6-7H,2-3,5,12H2,1H3,(H,13,14). The van der Waals surface area contributed by atoms with Gasteiger partial charge >= 0.3 is 5.97 Å². The lowest BCUT2D eigenvalue weighted by atomic mass is 10.0. The zero-order valence-electron chi connectivity index (χ0n) is 8.29. The van der Waals surface area contributed by atoms with Gasteiger partial charge in [0.25, 0.3) is 0 Å². The van der Waals surface area contributed by atoms with Crippen LogP contribution in [0, 0.1) is 0 Å². The summed E-state index contributed by atoms with van der Waals surface area (Å²) in [4.78, 5) is 10.9. The molecular weight excluding hydrogens is 178 g/mol. The van der Waals surface area contributed by atoms with Gasteiger partial charge in [-0.15, -0.1) is 0 Å². The van der Waals surface area contributed by atoms with Crippen LogP contribution in [-0.4, -0.2) is 11.1 Å². The SMILES string of the molecule is CCCCc1cccc(N)c1C(=O)O. The number of nitrogen functional groups attached to an aromatic ring is 1. The first-order valence-corrected chi connectivity index (χ1v) is 4.77. The Morgan fingerprint density at radius 2 is 2.21 bits per heavy atom. The van der Waals surface area contributed by atoms with Crippen LogP contribution in [0.1, 0.15) is 35.7 Å². The molecule has 0 saturated carbocycles. The van der Waals surface area contributed by atoms with Crippen molar-refractivity contribution >= 4 is 11.7 Å². The van der Waals surface area contributed by atoms with Crippen molar-refractivity contribution in [1.82, 2.24) is 0 Å². The molecule has 1 aromatic carbocycles. The minimum absolute atomic E-state index is 0.265. The molecule has 0 aliphatic heterocycles. The molecule has 3 N–H and O–H groups in total. The van der Waals surface area contributed by atoms with E-state index in [1.54, 1.807) is 12.1 Å². The number of aromatic carboxylic acids is 1. The highest BCUT2D eigenvalue weighted by Crippen LogP contribution is 2.18. The van der Waals surface area contributed by atoms with Crippen LogP contribution >= 0.6 is 0 Å². The number of benzene rings is 1. The van der Waals surface area contributed by atoms with Crippen molar-refractivity contribution in [2.75, 3.05) is 5.73 Å². The van der Waals surface area contributed by atoms with E-state index < -0.39 is 5.97 Å². The summed E-state index contributed by atoms with van der Waals surface area (Å²) in [6, 6.07) is 5.25. The zero-order chi connectivity index (χ0) is 10.6. The van der Waals surface area contributed by atoms with Crippen LogP contribution in [0.3, 0.4) is 0 Å². The van der Waals surface area contributed by atoms with Gasteiger partial charge in [-0.05, 0) is 24.5 Å². The molecule has 0 heterocycles. The van der Waals surface area contributed by atoms with Crippen molar-refractivity contribution in [2.24, 2.45) is 0 Å². The van der Waals surface area contributed by atoms with Crippen LogP contribution in [0.4, 0.5) is 5.69 Å². The lowest BCUT2D eigenvalue weighted by molar-refractivity contribution is 0.0697. The average molecular weight is 193 g/mol. The molecule has 0 atom stereocenters. The fraction of sp³-hybridized carbons (Fsp3) is 0.364. The van der Waals surface area contributed by atoms with E-state index in [0.29, 0.717) is 5.69 Å². The molecule has 3 heteroatoms. The summed E-state index contributed by atoms with van der Waals surface area (Å²) in [5.41, 5.74) is 7.06. The second kappa shape index (κ2) is 4.65. The highest BCUT2D eigenvalue weighted by molar-refractivity contribution is 5.95. The molecule has 0 spiro atoms. The number of carboxylic acid groups (broad SMARTS) is 1. The molecule has 1 rings (SSSR count). The van der Waals surface area contributed by atoms with Crippen molar-refractivity contribution in [3.05, 3.63) is 29.3 Å². The molecule has 0 amide bonds. The molecule has 0 unspecified atom stereocenters. The van der Waals surface area contributed by atoms with Crippen molar-refractivity contribution in [3.63, 3.8) is 0 Å². The zero-order valence-corrected chi connectivity index (χ0v) is 8.29. The first-order chi connectivity index (χ1) is 6.66. The highest BCUT2D eigenvalue weighted by atomic mass is 16.4. The Hall–Kier alpha value is -1.51. The molecular formula is C11H15NO2. The molecule has 0 saturated heterocycles. The Balaban J connectivity index is 3.02. The Bertz CT molecular complexity index is 334. The van der Waals surface area contributed by atoms with E-state index in [-0.39, 0.29) is 5.56 Å². The van der Waals surface area contributed by atoms with E-state index in [4.69, 9.17) is 10.8 Å². The molecule has 0 aliphatic rings. The van der Waals surface area contributed by atoms with Gasteiger partial charge in [0.15, 0.2) is 0 Å². The summed E-state index contributed by atoms with van der Waals surface area (Å²) in [7, 11) is 0. The quantitative estimate of drug-likeness (QED) is 0.721. The number of anilines is 1. The lowest BCUT2D eigenvalue weighted by Gasteiger charge is -2.07. The lowest BCUT2D eigenvalue weighted by Crippen LogP contribution is -2.06. The Kier molecular flexibility index (Phi) is 3.51. The Labute approximate surface area is 83.6 Å². The van der Waals surface area contributed by atoms with Crippen LogP contribution in [0.25, 0.3) is 0 Å². The van der Waals surface area contributed by atoms with Gasteiger partial charge in [-0.2, -0.15) is 0 Å². The molecule has 14 heavy (non-hydrogen) atoms. The van der Waals surface area contributed by atoms with Crippen molar-refractivity contribution in [1.29, 1.82) is 0 Å². The molecule has 76 valence electrons. The van der Waals surface area contributed by atoms with Crippen LogP contribution < -0.4 is 5.73 Å². The van der Waals surface area contributed by atoms with E-state index >= 15 is 0 Å². The minimum atomic E-state index is -0.936. The number of carboxylic acids is 1. The number of carbonyl (C=O) groups is 1. The van der Waals surface area contributed by atoms with Crippen LogP contribution in [0.15, 0.2) is 18.2 Å². The first-order valence-electron chi connectivity index (χ1n) is 4.77. The van der Waals surface area contributed by atoms with Gasteiger partial charge < -0.3 is 10.8 Å². The van der Waals surface area contributed by atoms with Gasteiger partial charge in [-0.25, -0.2) is 4.79 Å². The molecule has 0 aliphatic carbocycles. The molecule has 0 bridgehead atoms. The fourth-order valence-corrected chi connectivity index (χ4v) is 1.46. The van der Waals surface area contributed by atoms with Crippen molar-refractivity contribution in [3.8, 4) is 0 Å². The maximum absolute atomic E-state index is 10.9. The molecule has 3 nitrogen and oxygen atoms in total. The number of rotatable bonds is 4. The van der Waals surface area contributed by atoms with E-state index in [1.165, 1.54) is 0 Å².